The zero-order valence-electron chi connectivity index (χ0n) is 13.2. The van der Waals surface area contributed by atoms with Gasteiger partial charge in [0.05, 0.1) is 4.34 Å². The van der Waals surface area contributed by atoms with Crippen molar-refractivity contribution in [3.8, 4) is 0 Å². The zero-order chi connectivity index (χ0) is 14.8. The highest BCUT2D eigenvalue weighted by molar-refractivity contribution is 7.16. The Labute approximate surface area is 137 Å². The summed E-state index contributed by atoms with van der Waals surface area (Å²) in [5.41, 5.74) is 1.47. The molecule has 0 saturated carbocycles. The fourth-order valence-electron chi connectivity index (χ4n) is 3.86. The molecule has 1 aromatic rings. The van der Waals surface area contributed by atoms with Crippen molar-refractivity contribution < 1.29 is 0 Å². The van der Waals surface area contributed by atoms with Crippen molar-refractivity contribution in [3.63, 3.8) is 0 Å². The average Bonchev–Trinajstić information content (AvgIpc) is 3.07. The highest BCUT2D eigenvalue weighted by atomic mass is 35.5. The summed E-state index contributed by atoms with van der Waals surface area (Å²) >= 11 is 7.99. The first-order valence-corrected chi connectivity index (χ1v) is 9.60. The number of hydrogen-bond donors (Lipinski definition) is 1. The molecule has 0 aromatic carbocycles. The second-order valence-electron chi connectivity index (χ2n) is 6.84. The molecule has 21 heavy (non-hydrogen) atoms. The molecule has 0 spiro atoms. The van der Waals surface area contributed by atoms with E-state index in [0.717, 1.165) is 10.9 Å². The molecule has 0 amide bonds. The lowest BCUT2D eigenvalue weighted by Gasteiger charge is -2.33. The minimum absolute atomic E-state index is 0.515. The number of aryl methyl sites for hydroxylation is 1. The van der Waals surface area contributed by atoms with Gasteiger partial charge >= 0.3 is 0 Å². The quantitative estimate of drug-likeness (QED) is 0.857. The molecule has 2 heterocycles. The van der Waals surface area contributed by atoms with Gasteiger partial charge < -0.3 is 5.32 Å². The first-order valence-electron chi connectivity index (χ1n) is 8.40. The predicted octanol–water partition coefficient (Wildman–Crippen LogP) is 4.49. The van der Waals surface area contributed by atoms with Crippen LogP contribution in [0.4, 0.5) is 0 Å². The molecule has 2 aliphatic rings. The molecule has 2 unspecified atom stereocenters. The van der Waals surface area contributed by atoms with Crippen LogP contribution < -0.4 is 5.32 Å². The van der Waals surface area contributed by atoms with Crippen LogP contribution in [0.1, 0.15) is 56.0 Å². The fraction of sp³-hybridized carbons (Fsp3) is 0.765. The minimum Gasteiger partial charge on any atom is -0.308 e. The van der Waals surface area contributed by atoms with Crippen LogP contribution in [0.2, 0.25) is 4.34 Å². The molecule has 1 N–H and O–H groups in total. The number of likely N-dealkylation sites (tertiary alicyclic amines) is 1. The standard InChI is InChI=1S/C17H27ClN2S/c1-12(2)15(20-8-3-4-9-20)11-19-14-6-5-7-16-13(14)10-17(18)21-16/h10,12,14-15,19H,3-9,11H2,1-2H3. The van der Waals surface area contributed by atoms with Crippen LogP contribution in [-0.4, -0.2) is 30.6 Å². The lowest BCUT2D eigenvalue weighted by molar-refractivity contribution is 0.180. The lowest BCUT2D eigenvalue weighted by Crippen LogP contribution is -2.45. The maximum Gasteiger partial charge on any atom is 0.0934 e. The molecule has 0 radical (unpaired) electrons. The predicted molar refractivity (Wildman–Crippen MR) is 92.4 cm³/mol. The van der Waals surface area contributed by atoms with E-state index in [4.69, 9.17) is 11.6 Å². The minimum atomic E-state index is 0.515. The second kappa shape index (κ2) is 6.99. The molecular weight excluding hydrogens is 300 g/mol. The molecule has 1 fully saturated rings. The Kier molecular flexibility index (Phi) is 5.26. The van der Waals surface area contributed by atoms with Gasteiger partial charge in [-0.25, -0.2) is 0 Å². The number of nitrogens with zero attached hydrogens (tertiary/aromatic N) is 1. The summed E-state index contributed by atoms with van der Waals surface area (Å²) in [6.45, 7) is 8.39. The van der Waals surface area contributed by atoms with Crippen LogP contribution in [-0.2, 0) is 6.42 Å². The highest BCUT2D eigenvalue weighted by Gasteiger charge is 2.27. The topological polar surface area (TPSA) is 15.3 Å². The van der Waals surface area contributed by atoms with E-state index in [-0.39, 0.29) is 0 Å². The zero-order valence-corrected chi connectivity index (χ0v) is 14.8. The van der Waals surface area contributed by atoms with Crippen molar-refractivity contribution in [1.29, 1.82) is 0 Å². The molecule has 118 valence electrons. The highest BCUT2D eigenvalue weighted by Crippen LogP contribution is 2.37. The molecule has 1 aliphatic carbocycles. The van der Waals surface area contributed by atoms with Crippen molar-refractivity contribution in [2.75, 3.05) is 19.6 Å². The number of fused-ring (bicyclic) bond motifs is 1. The molecule has 1 aliphatic heterocycles. The fourth-order valence-corrected chi connectivity index (χ4v) is 5.24. The average molecular weight is 327 g/mol. The van der Waals surface area contributed by atoms with E-state index in [1.807, 2.05) is 0 Å². The molecule has 1 aromatic heterocycles. The van der Waals surface area contributed by atoms with E-state index in [2.05, 4.69) is 30.1 Å². The van der Waals surface area contributed by atoms with Gasteiger partial charge in [-0.2, -0.15) is 0 Å². The number of nitrogens with one attached hydrogen (secondary N) is 1. The van der Waals surface area contributed by atoms with Crippen LogP contribution in [0.15, 0.2) is 6.07 Å². The summed E-state index contributed by atoms with van der Waals surface area (Å²) in [7, 11) is 0. The Morgan fingerprint density at radius 3 is 2.81 bits per heavy atom. The van der Waals surface area contributed by atoms with Gasteiger partial charge in [-0.3, -0.25) is 4.90 Å². The summed E-state index contributed by atoms with van der Waals surface area (Å²) in [5.74, 6) is 0.713. The van der Waals surface area contributed by atoms with Gasteiger partial charge in [0.2, 0.25) is 0 Å². The Hall–Kier alpha value is -0.0900. The molecule has 0 bridgehead atoms. The summed E-state index contributed by atoms with van der Waals surface area (Å²) in [6, 6.07) is 3.38. The SMILES string of the molecule is CC(C)C(CNC1CCCc2sc(Cl)cc21)N1CCCC1. The van der Waals surface area contributed by atoms with Gasteiger partial charge in [-0.1, -0.05) is 25.4 Å². The number of halogens is 1. The Morgan fingerprint density at radius 2 is 2.10 bits per heavy atom. The van der Waals surface area contributed by atoms with Crippen LogP contribution >= 0.6 is 22.9 Å². The van der Waals surface area contributed by atoms with Crippen LogP contribution in [0.5, 0.6) is 0 Å². The maximum absolute atomic E-state index is 6.22. The van der Waals surface area contributed by atoms with Gasteiger partial charge in [0, 0.05) is 23.5 Å². The Morgan fingerprint density at radius 1 is 1.33 bits per heavy atom. The van der Waals surface area contributed by atoms with E-state index >= 15 is 0 Å². The smallest absolute Gasteiger partial charge is 0.0934 e. The molecule has 2 nitrogen and oxygen atoms in total. The molecule has 4 heteroatoms. The third-order valence-electron chi connectivity index (χ3n) is 5.04. The Bertz CT molecular complexity index is 465. The van der Waals surface area contributed by atoms with Gasteiger partial charge in [0.1, 0.15) is 0 Å². The normalized spacial score (nSPS) is 24.5. The van der Waals surface area contributed by atoms with E-state index in [9.17, 15) is 0 Å². The summed E-state index contributed by atoms with van der Waals surface area (Å²) in [4.78, 5) is 4.19. The maximum atomic E-state index is 6.22. The first kappa shape index (κ1) is 15.8. The summed E-state index contributed by atoms with van der Waals surface area (Å²) in [6.07, 6.45) is 6.50. The molecule has 3 rings (SSSR count). The first-order chi connectivity index (χ1) is 10.1. The van der Waals surface area contributed by atoms with Crippen molar-refractivity contribution >= 4 is 22.9 Å². The van der Waals surface area contributed by atoms with Crippen molar-refractivity contribution in [1.82, 2.24) is 10.2 Å². The van der Waals surface area contributed by atoms with Crippen LogP contribution in [0.3, 0.4) is 0 Å². The summed E-state index contributed by atoms with van der Waals surface area (Å²) in [5, 5.41) is 3.86. The van der Waals surface area contributed by atoms with Gasteiger partial charge in [0.25, 0.3) is 0 Å². The second-order valence-corrected chi connectivity index (χ2v) is 8.60. The monoisotopic (exact) mass is 326 g/mol. The number of rotatable bonds is 5. The third kappa shape index (κ3) is 3.64. The molecular formula is C17H27ClN2S. The van der Waals surface area contributed by atoms with E-state index in [1.54, 1.807) is 11.3 Å². The Balaban J connectivity index is 1.63. The van der Waals surface area contributed by atoms with Gasteiger partial charge in [-0.05, 0) is 62.7 Å². The van der Waals surface area contributed by atoms with Gasteiger partial charge in [-0.15, -0.1) is 11.3 Å². The van der Waals surface area contributed by atoms with E-state index < -0.39 is 0 Å². The number of thiophene rings is 1. The van der Waals surface area contributed by atoms with Crippen molar-refractivity contribution in [2.45, 2.75) is 58.0 Å². The van der Waals surface area contributed by atoms with Crippen LogP contribution in [0, 0.1) is 5.92 Å². The van der Waals surface area contributed by atoms with E-state index in [1.165, 1.54) is 55.6 Å². The largest absolute Gasteiger partial charge is 0.308 e. The molecule has 1 saturated heterocycles. The number of hydrogen-bond acceptors (Lipinski definition) is 3. The van der Waals surface area contributed by atoms with Crippen molar-refractivity contribution in [2.24, 2.45) is 5.92 Å². The molecule has 2 atom stereocenters. The summed E-state index contributed by atoms with van der Waals surface area (Å²) < 4.78 is 0.952. The third-order valence-corrected chi connectivity index (χ3v) is 6.38. The van der Waals surface area contributed by atoms with Crippen LogP contribution in [0.25, 0.3) is 0 Å². The van der Waals surface area contributed by atoms with E-state index in [0.29, 0.717) is 18.0 Å². The van der Waals surface area contributed by atoms with Gasteiger partial charge in [0.15, 0.2) is 0 Å². The lowest BCUT2D eigenvalue weighted by atomic mass is 9.93. The van der Waals surface area contributed by atoms with Crippen molar-refractivity contribution in [3.05, 3.63) is 20.8 Å².